The van der Waals surface area contributed by atoms with Crippen molar-refractivity contribution in [3.8, 4) is 0 Å². The maximum absolute atomic E-state index is 13.4. The molecule has 0 fully saturated rings. The summed E-state index contributed by atoms with van der Waals surface area (Å²) in [5.74, 6) is -0.537. The number of benzene rings is 3. The molecule has 0 spiro atoms. The largest absolute Gasteiger partial charge is 0.323 e. The van der Waals surface area contributed by atoms with E-state index in [2.05, 4.69) is 5.32 Å². The van der Waals surface area contributed by atoms with Crippen molar-refractivity contribution >= 4 is 50.5 Å². The summed E-state index contributed by atoms with van der Waals surface area (Å²) in [7, 11) is -3.98. The van der Waals surface area contributed by atoms with Crippen LogP contribution in [0.4, 0.5) is 11.4 Å². The fraction of sp³-hybridized carbons (Fsp3) is 0.136. The second-order valence-corrected chi connectivity index (χ2v) is 9.10. The number of sulfonamides is 1. The first kappa shape index (κ1) is 22.2. The van der Waals surface area contributed by atoms with Crippen molar-refractivity contribution in [2.24, 2.45) is 0 Å². The quantitative estimate of drug-likeness (QED) is 0.511. The number of carbonyl (C=O) groups is 1. The highest BCUT2D eigenvalue weighted by Crippen LogP contribution is 2.30. The predicted octanol–water partition coefficient (Wildman–Crippen LogP) is 5.39. The molecule has 0 aliphatic heterocycles. The molecule has 3 aromatic carbocycles. The molecule has 156 valence electrons. The Labute approximate surface area is 186 Å². The molecule has 1 amide bonds. The van der Waals surface area contributed by atoms with E-state index in [0.717, 1.165) is 9.87 Å². The van der Waals surface area contributed by atoms with Gasteiger partial charge in [-0.15, -0.1) is 0 Å². The van der Waals surface area contributed by atoms with E-state index in [9.17, 15) is 13.2 Å². The van der Waals surface area contributed by atoms with E-state index in [1.54, 1.807) is 48.5 Å². The third-order valence-electron chi connectivity index (χ3n) is 4.49. The number of nitrogens with one attached hydrogen (secondary N) is 1. The Morgan fingerprint density at radius 3 is 2.30 bits per heavy atom. The van der Waals surface area contributed by atoms with Crippen molar-refractivity contribution in [2.75, 3.05) is 16.2 Å². The maximum atomic E-state index is 13.4. The zero-order valence-electron chi connectivity index (χ0n) is 16.2. The van der Waals surface area contributed by atoms with E-state index < -0.39 is 22.5 Å². The van der Waals surface area contributed by atoms with Crippen LogP contribution in [-0.2, 0) is 21.2 Å². The minimum atomic E-state index is -3.98. The van der Waals surface area contributed by atoms with Crippen LogP contribution in [0.3, 0.4) is 0 Å². The highest BCUT2D eigenvalue weighted by Gasteiger charge is 2.28. The molecular formula is C22H20Cl2N2O3S. The lowest BCUT2D eigenvalue weighted by molar-refractivity contribution is -0.114. The number of nitrogens with zero attached hydrogens (tertiary/aromatic N) is 1. The number of hydrogen-bond donors (Lipinski definition) is 1. The smallest absolute Gasteiger partial charge is 0.264 e. The van der Waals surface area contributed by atoms with Gasteiger partial charge in [-0.3, -0.25) is 9.10 Å². The molecule has 0 atom stereocenters. The summed E-state index contributed by atoms with van der Waals surface area (Å²) in [6.07, 6.45) is 0.610. The second-order valence-electron chi connectivity index (χ2n) is 6.46. The molecule has 30 heavy (non-hydrogen) atoms. The lowest BCUT2D eigenvalue weighted by atomic mass is 10.1. The van der Waals surface area contributed by atoms with Crippen molar-refractivity contribution in [1.29, 1.82) is 0 Å². The van der Waals surface area contributed by atoms with Gasteiger partial charge in [0.2, 0.25) is 5.91 Å². The monoisotopic (exact) mass is 462 g/mol. The summed E-state index contributed by atoms with van der Waals surface area (Å²) in [6, 6.07) is 20.0. The fourth-order valence-electron chi connectivity index (χ4n) is 2.99. The Balaban J connectivity index is 2.00. The number of amides is 1. The Morgan fingerprint density at radius 1 is 0.933 bits per heavy atom. The van der Waals surface area contributed by atoms with E-state index in [4.69, 9.17) is 23.2 Å². The third-order valence-corrected chi connectivity index (χ3v) is 7.08. The molecule has 1 N–H and O–H groups in total. The summed E-state index contributed by atoms with van der Waals surface area (Å²) >= 11 is 12.1. The van der Waals surface area contributed by atoms with Gasteiger partial charge in [0.1, 0.15) is 6.54 Å². The van der Waals surface area contributed by atoms with Crippen LogP contribution in [0, 0.1) is 0 Å². The zero-order valence-corrected chi connectivity index (χ0v) is 18.5. The summed E-state index contributed by atoms with van der Waals surface area (Å²) in [5.41, 5.74) is 1.58. The lowest BCUT2D eigenvalue weighted by Crippen LogP contribution is -2.38. The number of aryl methyl sites for hydroxylation is 1. The van der Waals surface area contributed by atoms with Gasteiger partial charge in [-0.2, -0.15) is 0 Å². The van der Waals surface area contributed by atoms with Crippen LogP contribution < -0.4 is 9.62 Å². The van der Waals surface area contributed by atoms with Crippen LogP contribution in [0.2, 0.25) is 10.0 Å². The molecule has 3 rings (SSSR count). The van der Waals surface area contributed by atoms with Crippen molar-refractivity contribution in [3.05, 3.63) is 88.4 Å². The minimum absolute atomic E-state index is 0.101. The molecule has 0 bridgehead atoms. The summed E-state index contributed by atoms with van der Waals surface area (Å²) in [4.78, 5) is 12.9. The van der Waals surface area contributed by atoms with Gasteiger partial charge >= 0.3 is 0 Å². The number of halogens is 2. The molecule has 0 aliphatic rings. The van der Waals surface area contributed by atoms with Gasteiger partial charge in [0, 0.05) is 0 Å². The highest BCUT2D eigenvalue weighted by molar-refractivity contribution is 7.92. The fourth-order valence-corrected chi connectivity index (χ4v) is 4.82. The van der Waals surface area contributed by atoms with E-state index >= 15 is 0 Å². The number of rotatable bonds is 7. The topological polar surface area (TPSA) is 66.5 Å². The molecule has 0 aromatic heterocycles. The van der Waals surface area contributed by atoms with Crippen LogP contribution in [0.25, 0.3) is 0 Å². The van der Waals surface area contributed by atoms with Crippen molar-refractivity contribution in [1.82, 2.24) is 0 Å². The third kappa shape index (κ3) is 4.78. The predicted molar refractivity (Wildman–Crippen MR) is 122 cm³/mol. The minimum Gasteiger partial charge on any atom is -0.323 e. The molecule has 0 aliphatic carbocycles. The average molecular weight is 463 g/mol. The maximum Gasteiger partial charge on any atom is 0.264 e. The summed E-state index contributed by atoms with van der Waals surface area (Å²) < 4.78 is 27.9. The summed E-state index contributed by atoms with van der Waals surface area (Å²) in [6.45, 7) is 1.51. The summed E-state index contributed by atoms with van der Waals surface area (Å²) in [5, 5.41) is 3.14. The Bertz CT molecular complexity index is 1150. The normalized spacial score (nSPS) is 11.2. The van der Waals surface area contributed by atoms with Crippen molar-refractivity contribution < 1.29 is 13.2 Å². The number of carbonyl (C=O) groups excluding carboxylic acids is 1. The van der Waals surface area contributed by atoms with Crippen LogP contribution in [0.1, 0.15) is 12.5 Å². The van der Waals surface area contributed by atoms with Gasteiger partial charge in [-0.05, 0) is 42.3 Å². The number of hydrogen-bond acceptors (Lipinski definition) is 3. The number of anilines is 2. The molecular weight excluding hydrogens is 443 g/mol. The van der Waals surface area contributed by atoms with Gasteiger partial charge in [0.05, 0.1) is 26.3 Å². The molecule has 0 saturated carbocycles. The lowest BCUT2D eigenvalue weighted by Gasteiger charge is -2.26. The Morgan fingerprint density at radius 2 is 1.60 bits per heavy atom. The SMILES string of the molecule is CCc1ccccc1N(CC(=O)Nc1cccc(Cl)c1Cl)S(=O)(=O)c1ccccc1. The van der Waals surface area contributed by atoms with Crippen LogP contribution >= 0.6 is 23.2 Å². The molecule has 8 heteroatoms. The molecule has 5 nitrogen and oxygen atoms in total. The van der Waals surface area contributed by atoms with Gasteiger partial charge in [-0.25, -0.2) is 8.42 Å². The Hall–Kier alpha value is -2.54. The van der Waals surface area contributed by atoms with E-state index in [-0.39, 0.29) is 9.92 Å². The first-order valence-electron chi connectivity index (χ1n) is 9.24. The first-order chi connectivity index (χ1) is 14.3. The standard InChI is InChI=1S/C22H20Cl2N2O3S/c1-2-16-9-6-7-14-20(16)26(30(28,29)17-10-4-3-5-11-17)15-21(27)25-19-13-8-12-18(23)22(19)24/h3-14H,2,15H2,1H3,(H,25,27). The Kier molecular flexibility index (Phi) is 7.02. The first-order valence-corrected chi connectivity index (χ1v) is 11.4. The van der Waals surface area contributed by atoms with Gasteiger partial charge in [0.25, 0.3) is 10.0 Å². The van der Waals surface area contributed by atoms with E-state index in [0.29, 0.717) is 22.8 Å². The van der Waals surface area contributed by atoms with Crippen molar-refractivity contribution in [2.45, 2.75) is 18.2 Å². The second kappa shape index (κ2) is 9.51. The number of para-hydroxylation sites is 1. The van der Waals surface area contributed by atoms with Crippen molar-refractivity contribution in [3.63, 3.8) is 0 Å². The van der Waals surface area contributed by atoms with Crippen LogP contribution in [-0.4, -0.2) is 20.9 Å². The molecule has 0 heterocycles. The van der Waals surface area contributed by atoms with Gasteiger partial charge < -0.3 is 5.32 Å². The molecule has 0 unspecified atom stereocenters. The molecule has 3 aromatic rings. The molecule has 0 radical (unpaired) electrons. The van der Waals surface area contributed by atoms with Crippen LogP contribution in [0.5, 0.6) is 0 Å². The van der Waals surface area contributed by atoms with E-state index in [1.165, 1.54) is 12.1 Å². The highest BCUT2D eigenvalue weighted by atomic mass is 35.5. The van der Waals surface area contributed by atoms with E-state index in [1.807, 2.05) is 19.1 Å². The van der Waals surface area contributed by atoms with Crippen LogP contribution in [0.15, 0.2) is 77.7 Å². The zero-order chi connectivity index (χ0) is 21.7. The van der Waals surface area contributed by atoms with Gasteiger partial charge in [0.15, 0.2) is 0 Å². The molecule has 0 saturated heterocycles. The average Bonchev–Trinajstić information content (AvgIpc) is 2.76. The van der Waals surface area contributed by atoms with Gasteiger partial charge in [-0.1, -0.05) is 72.6 Å².